The Kier molecular flexibility index (Phi) is 6.16. The molecule has 16 heavy (non-hydrogen) atoms. The Morgan fingerprint density at radius 3 is 2.69 bits per heavy atom. The summed E-state index contributed by atoms with van der Waals surface area (Å²) in [4.78, 5) is 2.66. The highest BCUT2D eigenvalue weighted by atomic mass is 32.2. The van der Waals surface area contributed by atoms with E-state index in [9.17, 15) is 0 Å². The summed E-state index contributed by atoms with van der Waals surface area (Å²) >= 11 is 2.11. The summed E-state index contributed by atoms with van der Waals surface area (Å²) in [5, 5.41) is 3.58. The van der Waals surface area contributed by atoms with Crippen LogP contribution in [0.2, 0.25) is 0 Å². The first-order chi connectivity index (χ1) is 7.49. The van der Waals surface area contributed by atoms with E-state index in [4.69, 9.17) is 0 Å². The minimum Gasteiger partial charge on any atom is -0.312 e. The van der Waals surface area contributed by atoms with Gasteiger partial charge in [0.2, 0.25) is 0 Å². The fraction of sp³-hybridized carbons (Fsp3) is 1.00. The van der Waals surface area contributed by atoms with Crippen molar-refractivity contribution in [1.82, 2.24) is 10.2 Å². The van der Waals surface area contributed by atoms with E-state index in [1.165, 1.54) is 37.4 Å². The first kappa shape index (κ1) is 14.3. The standard InChI is InChI=1S/C13H28N2S/c1-12(6-7-14-13(2,3)4)15-8-5-10-16-11-9-15/h12,14H,5-11H2,1-4H3. The molecule has 0 amide bonds. The van der Waals surface area contributed by atoms with Crippen LogP contribution in [-0.4, -0.2) is 47.6 Å². The molecule has 2 nitrogen and oxygen atoms in total. The number of hydrogen-bond acceptors (Lipinski definition) is 3. The molecule has 0 aliphatic carbocycles. The van der Waals surface area contributed by atoms with Gasteiger partial charge in [0, 0.05) is 23.9 Å². The van der Waals surface area contributed by atoms with Crippen LogP contribution in [0.4, 0.5) is 0 Å². The third kappa shape index (κ3) is 6.12. The van der Waals surface area contributed by atoms with Gasteiger partial charge in [-0.1, -0.05) is 0 Å². The van der Waals surface area contributed by atoms with E-state index in [0.717, 1.165) is 12.6 Å². The molecule has 0 aromatic heterocycles. The maximum absolute atomic E-state index is 3.58. The van der Waals surface area contributed by atoms with Crippen molar-refractivity contribution < 1.29 is 0 Å². The van der Waals surface area contributed by atoms with Crippen molar-refractivity contribution in [2.45, 2.75) is 52.1 Å². The molecular formula is C13H28N2S. The van der Waals surface area contributed by atoms with Crippen LogP contribution in [0, 0.1) is 0 Å². The summed E-state index contributed by atoms with van der Waals surface area (Å²) in [6, 6.07) is 0.730. The highest BCUT2D eigenvalue weighted by Crippen LogP contribution is 2.14. The molecule has 0 radical (unpaired) electrons. The molecule has 1 atom stereocenters. The smallest absolute Gasteiger partial charge is 0.00965 e. The molecule has 0 bridgehead atoms. The Labute approximate surface area is 106 Å². The van der Waals surface area contributed by atoms with E-state index in [-0.39, 0.29) is 5.54 Å². The zero-order valence-electron chi connectivity index (χ0n) is 11.4. The average Bonchev–Trinajstić information content (AvgIpc) is 2.43. The summed E-state index contributed by atoms with van der Waals surface area (Å²) in [5.41, 5.74) is 0.258. The lowest BCUT2D eigenvalue weighted by molar-refractivity contribution is 0.210. The van der Waals surface area contributed by atoms with Gasteiger partial charge in [0.25, 0.3) is 0 Å². The van der Waals surface area contributed by atoms with Gasteiger partial charge in [0.1, 0.15) is 0 Å². The predicted octanol–water partition coefficient (Wildman–Crippen LogP) is 2.59. The molecule has 1 fully saturated rings. The van der Waals surface area contributed by atoms with Gasteiger partial charge in [-0.05, 0) is 59.4 Å². The average molecular weight is 244 g/mol. The Hall–Kier alpha value is 0.270. The quantitative estimate of drug-likeness (QED) is 0.818. The van der Waals surface area contributed by atoms with Crippen LogP contribution in [0.25, 0.3) is 0 Å². The van der Waals surface area contributed by atoms with E-state index in [2.05, 4.69) is 49.7 Å². The van der Waals surface area contributed by atoms with Crippen LogP contribution in [0.3, 0.4) is 0 Å². The molecule has 0 aromatic rings. The topological polar surface area (TPSA) is 15.3 Å². The van der Waals surface area contributed by atoms with Crippen molar-refractivity contribution >= 4 is 11.8 Å². The Bertz CT molecular complexity index is 181. The highest BCUT2D eigenvalue weighted by Gasteiger charge is 2.16. The molecule has 0 aromatic carbocycles. The molecule has 1 N–H and O–H groups in total. The second-order valence-corrected chi connectivity index (χ2v) is 7.04. The highest BCUT2D eigenvalue weighted by molar-refractivity contribution is 7.99. The van der Waals surface area contributed by atoms with Gasteiger partial charge >= 0.3 is 0 Å². The summed E-state index contributed by atoms with van der Waals surface area (Å²) in [7, 11) is 0. The van der Waals surface area contributed by atoms with E-state index < -0.39 is 0 Å². The number of nitrogens with one attached hydrogen (secondary N) is 1. The van der Waals surface area contributed by atoms with Crippen LogP contribution < -0.4 is 5.32 Å². The molecule has 1 rings (SSSR count). The maximum Gasteiger partial charge on any atom is 0.00965 e. The SMILES string of the molecule is CC(CCNC(C)(C)C)N1CCCSCC1. The summed E-state index contributed by atoms with van der Waals surface area (Å²) < 4.78 is 0. The minimum atomic E-state index is 0.258. The molecule has 1 unspecified atom stereocenters. The predicted molar refractivity (Wildman–Crippen MR) is 75.3 cm³/mol. The summed E-state index contributed by atoms with van der Waals surface area (Å²) in [6.07, 6.45) is 2.63. The third-order valence-corrected chi connectivity index (χ3v) is 4.15. The molecular weight excluding hydrogens is 216 g/mol. The van der Waals surface area contributed by atoms with Crippen LogP contribution in [0.15, 0.2) is 0 Å². The van der Waals surface area contributed by atoms with Gasteiger partial charge in [0.05, 0.1) is 0 Å². The Morgan fingerprint density at radius 2 is 2.00 bits per heavy atom. The zero-order chi connectivity index (χ0) is 12.0. The summed E-state index contributed by atoms with van der Waals surface area (Å²) in [6.45, 7) is 12.8. The van der Waals surface area contributed by atoms with Crippen LogP contribution in [0.5, 0.6) is 0 Å². The van der Waals surface area contributed by atoms with E-state index in [0.29, 0.717) is 0 Å². The van der Waals surface area contributed by atoms with Crippen molar-refractivity contribution in [3.8, 4) is 0 Å². The zero-order valence-corrected chi connectivity index (χ0v) is 12.2. The first-order valence-electron chi connectivity index (χ1n) is 6.56. The van der Waals surface area contributed by atoms with Crippen LogP contribution in [0.1, 0.15) is 40.5 Å². The van der Waals surface area contributed by atoms with Gasteiger partial charge in [-0.2, -0.15) is 11.8 Å². The minimum absolute atomic E-state index is 0.258. The van der Waals surface area contributed by atoms with E-state index in [1.807, 2.05) is 0 Å². The third-order valence-electron chi connectivity index (χ3n) is 3.10. The van der Waals surface area contributed by atoms with Gasteiger partial charge in [-0.3, -0.25) is 4.90 Å². The fourth-order valence-corrected chi connectivity index (χ4v) is 2.95. The van der Waals surface area contributed by atoms with Gasteiger partial charge < -0.3 is 5.32 Å². The van der Waals surface area contributed by atoms with Crippen molar-refractivity contribution in [1.29, 1.82) is 0 Å². The molecule has 1 saturated heterocycles. The van der Waals surface area contributed by atoms with E-state index in [1.54, 1.807) is 0 Å². The lowest BCUT2D eigenvalue weighted by Crippen LogP contribution is -2.41. The molecule has 0 spiro atoms. The Morgan fingerprint density at radius 1 is 1.25 bits per heavy atom. The Balaban J connectivity index is 2.20. The maximum atomic E-state index is 3.58. The largest absolute Gasteiger partial charge is 0.312 e. The van der Waals surface area contributed by atoms with Gasteiger partial charge in [-0.25, -0.2) is 0 Å². The lowest BCUT2D eigenvalue weighted by Gasteiger charge is -2.29. The molecule has 0 saturated carbocycles. The summed E-state index contributed by atoms with van der Waals surface area (Å²) in [5.74, 6) is 2.67. The van der Waals surface area contributed by atoms with Gasteiger partial charge in [-0.15, -0.1) is 0 Å². The number of rotatable bonds is 4. The normalized spacial score (nSPS) is 21.8. The van der Waals surface area contributed by atoms with Crippen molar-refractivity contribution in [3.05, 3.63) is 0 Å². The fourth-order valence-electron chi connectivity index (χ4n) is 2.04. The first-order valence-corrected chi connectivity index (χ1v) is 7.71. The monoisotopic (exact) mass is 244 g/mol. The van der Waals surface area contributed by atoms with Crippen LogP contribution in [-0.2, 0) is 0 Å². The van der Waals surface area contributed by atoms with Crippen molar-refractivity contribution in [2.24, 2.45) is 0 Å². The molecule has 96 valence electrons. The number of thioether (sulfide) groups is 1. The molecule has 3 heteroatoms. The van der Waals surface area contributed by atoms with Crippen LogP contribution >= 0.6 is 11.8 Å². The van der Waals surface area contributed by atoms with Crippen molar-refractivity contribution in [2.75, 3.05) is 31.1 Å². The molecule has 1 aliphatic rings. The second-order valence-electron chi connectivity index (χ2n) is 5.82. The van der Waals surface area contributed by atoms with Gasteiger partial charge in [0.15, 0.2) is 0 Å². The molecule has 1 heterocycles. The van der Waals surface area contributed by atoms with E-state index >= 15 is 0 Å². The number of nitrogens with zero attached hydrogens (tertiary/aromatic N) is 1. The molecule has 1 aliphatic heterocycles. The lowest BCUT2D eigenvalue weighted by atomic mass is 10.1. The van der Waals surface area contributed by atoms with Crippen molar-refractivity contribution in [3.63, 3.8) is 0 Å². The number of hydrogen-bond donors (Lipinski definition) is 1. The second kappa shape index (κ2) is 6.87.